The summed E-state index contributed by atoms with van der Waals surface area (Å²) in [5, 5.41) is 3.30. The van der Waals surface area contributed by atoms with Gasteiger partial charge >= 0.3 is 5.97 Å². The summed E-state index contributed by atoms with van der Waals surface area (Å²) in [7, 11) is -1.99. The lowest BCUT2D eigenvalue weighted by Crippen LogP contribution is -2.45. The topological polar surface area (TPSA) is 72.5 Å². The highest BCUT2D eigenvalue weighted by atomic mass is 79.9. The normalized spacial score (nSPS) is 13.6. The van der Waals surface area contributed by atoms with E-state index in [1.165, 1.54) is 0 Å². The Balaban J connectivity index is 3.16. The Kier molecular flexibility index (Phi) is 7.23. The van der Waals surface area contributed by atoms with E-state index in [9.17, 15) is 13.2 Å². The molecule has 0 saturated carbocycles. The van der Waals surface area contributed by atoms with E-state index in [-0.39, 0.29) is 13.0 Å². The van der Waals surface area contributed by atoms with Crippen LogP contribution in [0.1, 0.15) is 32.8 Å². The number of rotatable bonds is 8. The summed E-state index contributed by atoms with van der Waals surface area (Å²) >= 11 is 3.32. The van der Waals surface area contributed by atoms with Crippen LogP contribution in [-0.4, -0.2) is 38.8 Å². The minimum atomic E-state index is -3.61. The third-order valence-electron chi connectivity index (χ3n) is 3.75. The predicted molar refractivity (Wildman–Crippen MR) is 94.4 cm³/mol. The summed E-state index contributed by atoms with van der Waals surface area (Å²) in [6.45, 7) is 5.25. The number of halogens is 1. The zero-order valence-electron chi connectivity index (χ0n) is 13.9. The Morgan fingerprint density at radius 2 is 1.96 bits per heavy atom. The number of hydrogen-bond acceptors (Lipinski definition) is 5. The average Bonchev–Trinajstić information content (AvgIpc) is 2.52. The molecule has 0 aromatic heterocycles. The molecule has 0 bridgehead atoms. The molecule has 0 heterocycles. The smallest absolute Gasteiger partial charge is 0.323 e. The summed E-state index contributed by atoms with van der Waals surface area (Å²) in [6.07, 6.45) is 0.126. The van der Waals surface area contributed by atoms with Crippen molar-refractivity contribution < 1.29 is 17.9 Å². The van der Waals surface area contributed by atoms with Crippen molar-refractivity contribution in [3.05, 3.63) is 29.8 Å². The summed E-state index contributed by atoms with van der Waals surface area (Å²) < 4.78 is 30.0. The zero-order chi connectivity index (χ0) is 17.7. The van der Waals surface area contributed by atoms with Crippen LogP contribution in [0.5, 0.6) is 0 Å². The lowest BCUT2D eigenvalue weighted by atomic mass is 10.0. The number of sulfone groups is 1. The molecule has 1 aromatic rings. The molecule has 0 saturated heterocycles. The summed E-state index contributed by atoms with van der Waals surface area (Å²) in [5.41, 5.74) is 0.706. The Morgan fingerprint density at radius 1 is 1.35 bits per heavy atom. The Hall–Kier alpha value is -0.920. The fourth-order valence-electron chi connectivity index (χ4n) is 2.32. The highest BCUT2D eigenvalue weighted by molar-refractivity contribution is 9.08. The van der Waals surface area contributed by atoms with Gasteiger partial charge in [-0.2, -0.15) is 0 Å². The second-order valence-corrected chi connectivity index (χ2v) is 8.91. The van der Waals surface area contributed by atoms with Gasteiger partial charge in [-0.05, 0) is 45.9 Å². The zero-order valence-corrected chi connectivity index (χ0v) is 16.3. The molecule has 0 amide bonds. The second-order valence-electron chi connectivity index (χ2n) is 5.80. The molecule has 0 radical (unpaired) electrons. The molecule has 1 aromatic carbocycles. The first-order chi connectivity index (χ1) is 10.7. The van der Waals surface area contributed by atoms with Crippen molar-refractivity contribution >= 4 is 31.7 Å². The molecule has 0 fully saturated rings. The molecule has 0 spiro atoms. The van der Waals surface area contributed by atoms with Crippen LogP contribution >= 0.6 is 15.9 Å². The third kappa shape index (κ3) is 4.55. The Morgan fingerprint density at radius 3 is 2.48 bits per heavy atom. The van der Waals surface area contributed by atoms with Crippen molar-refractivity contribution in [2.75, 3.05) is 13.7 Å². The summed E-state index contributed by atoms with van der Waals surface area (Å²) in [6, 6.07) is 6.22. The van der Waals surface area contributed by atoms with Gasteiger partial charge in [-0.15, -0.1) is 0 Å². The molecule has 1 rings (SSSR count). The van der Waals surface area contributed by atoms with Crippen LogP contribution in [0, 0.1) is 0 Å². The van der Waals surface area contributed by atoms with Gasteiger partial charge in [0.1, 0.15) is 6.04 Å². The molecule has 1 N–H and O–H groups in total. The maximum atomic E-state index is 13.1. The van der Waals surface area contributed by atoms with Crippen LogP contribution in [0.2, 0.25) is 0 Å². The quantitative estimate of drug-likeness (QED) is 0.531. The highest BCUT2D eigenvalue weighted by Gasteiger charge is 2.40. The maximum absolute atomic E-state index is 13.1. The Labute approximate surface area is 146 Å². The standard InChI is InChI=1S/C16H24BrNO4S/c1-5-22-15(19)13(18-4)10-16(2,3)23(20,21)14-9-7-6-8-12(14)11-17/h6-9,13,18H,5,10-11H2,1-4H3/t13-/m0/s1. The predicted octanol–water partition coefficient (Wildman–Crippen LogP) is 2.68. The first-order valence-electron chi connectivity index (χ1n) is 7.43. The van der Waals surface area contributed by atoms with Crippen LogP contribution in [0.25, 0.3) is 0 Å². The average molecular weight is 406 g/mol. The van der Waals surface area contributed by atoms with Gasteiger partial charge < -0.3 is 10.1 Å². The number of alkyl halides is 1. The molecule has 0 aliphatic heterocycles. The van der Waals surface area contributed by atoms with E-state index in [0.717, 1.165) is 0 Å². The van der Waals surface area contributed by atoms with Crippen molar-refractivity contribution in [2.24, 2.45) is 0 Å². The number of carbonyl (C=O) groups excluding carboxylic acids is 1. The third-order valence-corrected chi connectivity index (χ3v) is 6.95. The molecule has 0 unspecified atom stereocenters. The van der Waals surface area contributed by atoms with Crippen LogP contribution in [0.15, 0.2) is 29.2 Å². The lowest BCUT2D eigenvalue weighted by Gasteiger charge is -2.29. The number of hydrogen-bond donors (Lipinski definition) is 1. The fraction of sp³-hybridized carbons (Fsp3) is 0.562. The van der Waals surface area contributed by atoms with Crippen molar-refractivity contribution in [1.82, 2.24) is 5.32 Å². The van der Waals surface area contributed by atoms with Crippen LogP contribution < -0.4 is 5.32 Å². The number of nitrogens with one attached hydrogen (secondary N) is 1. The molecular formula is C16H24BrNO4S. The monoisotopic (exact) mass is 405 g/mol. The molecule has 130 valence electrons. The van der Waals surface area contributed by atoms with Gasteiger partial charge in [-0.1, -0.05) is 34.1 Å². The highest BCUT2D eigenvalue weighted by Crippen LogP contribution is 2.32. The number of esters is 1. The van der Waals surface area contributed by atoms with E-state index in [1.54, 1.807) is 52.1 Å². The van der Waals surface area contributed by atoms with Gasteiger partial charge in [0, 0.05) is 5.33 Å². The van der Waals surface area contributed by atoms with E-state index in [0.29, 0.717) is 15.8 Å². The van der Waals surface area contributed by atoms with Crippen LogP contribution in [0.4, 0.5) is 0 Å². The molecule has 23 heavy (non-hydrogen) atoms. The number of ether oxygens (including phenoxy) is 1. The van der Waals surface area contributed by atoms with Gasteiger partial charge in [0.25, 0.3) is 0 Å². The minimum absolute atomic E-state index is 0.126. The lowest BCUT2D eigenvalue weighted by molar-refractivity contribution is -0.145. The summed E-state index contributed by atoms with van der Waals surface area (Å²) in [5.74, 6) is -0.438. The van der Waals surface area contributed by atoms with E-state index in [1.807, 2.05) is 0 Å². The van der Waals surface area contributed by atoms with Crippen molar-refractivity contribution in [3.8, 4) is 0 Å². The number of carbonyl (C=O) groups is 1. The first-order valence-corrected chi connectivity index (χ1v) is 10.0. The number of benzene rings is 1. The number of likely N-dealkylation sites (N-methyl/N-ethyl adjacent to an activating group) is 1. The first kappa shape index (κ1) is 20.1. The molecule has 0 aliphatic rings. The van der Waals surface area contributed by atoms with Crippen LogP contribution in [-0.2, 0) is 24.7 Å². The van der Waals surface area contributed by atoms with Gasteiger partial charge in [-0.3, -0.25) is 4.79 Å². The van der Waals surface area contributed by atoms with E-state index in [4.69, 9.17) is 4.74 Å². The van der Waals surface area contributed by atoms with Gasteiger partial charge in [0.05, 0.1) is 16.2 Å². The minimum Gasteiger partial charge on any atom is -0.465 e. The molecule has 5 nitrogen and oxygen atoms in total. The van der Waals surface area contributed by atoms with E-state index < -0.39 is 26.6 Å². The van der Waals surface area contributed by atoms with Crippen molar-refractivity contribution in [1.29, 1.82) is 0 Å². The molecule has 7 heteroatoms. The fourth-order valence-corrected chi connectivity index (χ4v) is 4.72. The molecule has 1 atom stereocenters. The maximum Gasteiger partial charge on any atom is 0.323 e. The molecular weight excluding hydrogens is 382 g/mol. The van der Waals surface area contributed by atoms with E-state index in [2.05, 4.69) is 21.2 Å². The SMILES string of the molecule is CCOC(=O)[C@H](CC(C)(C)S(=O)(=O)c1ccccc1CBr)NC. The van der Waals surface area contributed by atoms with Crippen molar-refractivity contribution in [2.45, 2.75) is 48.2 Å². The van der Waals surface area contributed by atoms with Gasteiger partial charge in [0.15, 0.2) is 9.84 Å². The van der Waals surface area contributed by atoms with Gasteiger partial charge in [-0.25, -0.2) is 8.42 Å². The van der Waals surface area contributed by atoms with Crippen LogP contribution in [0.3, 0.4) is 0 Å². The largest absolute Gasteiger partial charge is 0.465 e. The molecule has 0 aliphatic carbocycles. The summed E-state index contributed by atoms with van der Waals surface area (Å²) in [4.78, 5) is 12.2. The second kappa shape index (κ2) is 8.26. The van der Waals surface area contributed by atoms with Crippen molar-refractivity contribution in [3.63, 3.8) is 0 Å². The Bertz CT molecular complexity index is 643. The van der Waals surface area contributed by atoms with E-state index >= 15 is 0 Å². The van der Waals surface area contributed by atoms with Gasteiger partial charge in [0.2, 0.25) is 0 Å².